The minimum atomic E-state index is 0.0916. The maximum Gasteiger partial charge on any atom is 0.244 e. The third-order valence-corrected chi connectivity index (χ3v) is 4.96. The van der Waals surface area contributed by atoms with E-state index in [0.29, 0.717) is 18.9 Å². The number of benzene rings is 1. The van der Waals surface area contributed by atoms with Gasteiger partial charge >= 0.3 is 0 Å². The molecule has 0 atom stereocenters. The highest BCUT2D eigenvalue weighted by Gasteiger charge is 2.22. The van der Waals surface area contributed by atoms with Crippen molar-refractivity contribution in [3.63, 3.8) is 0 Å². The number of nitrogens with one attached hydrogen (secondary N) is 1. The van der Waals surface area contributed by atoms with E-state index in [0.717, 1.165) is 30.4 Å². The van der Waals surface area contributed by atoms with Gasteiger partial charge in [-0.15, -0.1) is 0 Å². The van der Waals surface area contributed by atoms with E-state index < -0.39 is 0 Å². The summed E-state index contributed by atoms with van der Waals surface area (Å²) < 4.78 is 1.66. The van der Waals surface area contributed by atoms with Crippen LogP contribution in [0, 0.1) is 13.8 Å². The van der Waals surface area contributed by atoms with Gasteiger partial charge in [0.05, 0.1) is 0 Å². The van der Waals surface area contributed by atoms with Crippen LogP contribution in [0.1, 0.15) is 11.4 Å². The number of aryl methyl sites for hydroxylation is 2. The van der Waals surface area contributed by atoms with Gasteiger partial charge in [0, 0.05) is 50.3 Å². The van der Waals surface area contributed by atoms with Gasteiger partial charge in [0.15, 0.2) is 0 Å². The maximum absolute atomic E-state index is 12.5. The first kappa shape index (κ1) is 18.9. The van der Waals surface area contributed by atoms with Gasteiger partial charge in [-0.05, 0) is 32.0 Å². The summed E-state index contributed by atoms with van der Waals surface area (Å²) >= 11 is 0. The zero-order valence-corrected chi connectivity index (χ0v) is 16.7. The lowest BCUT2D eigenvalue weighted by Crippen LogP contribution is -2.50. The summed E-state index contributed by atoms with van der Waals surface area (Å²) in [6, 6.07) is 12.0. The minimum Gasteiger partial charge on any atom is -0.353 e. The molecule has 3 heterocycles. The number of amides is 1. The maximum atomic E-state index is 12.5. The van der Waals surface area contributed by atoms with E-state index in [-0.39, 0.29) is 12.5 Å². The first-order chi connectivity index (χ1) is 14.1. The minimum absolute atomic E-state index is 0.0916. The molecule has 3 aromatic rings. The van der Waals surface area contributed by atoms with Crippen LogP contribution in [0.5, 0.6) is 0 Å². The van der Waals surface area contributed by atoms with Crippen LogP contribution in [-0.4, -0.2) is 56.7 Å². The molecule has 1 fully saturated rings. The van der Waals surface area contributed by atoms with E-state index in [9.17, 15) is 4.79 Å². The lowest BCUT2D eigenvalue weighted by atomic mass is 10.2. The number of rotatable bonds is 5. The van der Waals surface area contributed by atoms with E-state index in [4.69, 9.17) is 0 Å². The predicted molar refractivity (Wildman–Crippen MR) is 112 cm³/mol. The van der Waals surface area contributed by atoms with Gasteiger partial charge in [-0.25, -0.2) is 9.97 Å². The Morgan fingerprint density at radius 2 is 1.83 bits per heavy atom. The van der Waals surface area contributed by atoms with Gasteiger partial charge in [0.2, 0.25) is 5.91 Å². The molecule has 0 saturated carbocycles. The third kappa shape index (κ3) is 4.71. The number of hydrogen-bond donors (Lipinski definition) is 1. The largest absolute Gasteiger partial charge is 0.353 e. The average molecular weight is 391 g/mol. The molecule has 1 aromatic carbocycles. The number of hydrogen-bond acceptors (Lipinski definition) is 6. The molecule has 0 spiro atoms. The summed E-state index contributed by atoms with van der Waals surface area (Å²) in [5.74, 6) is 2.46. The molecule has 2 aromatic heterocycles. The molecule has 4 rings (SSSR count). The predicted octanol–water partition coefficient (Wildman–Crippen LogP) is 2.38. The van der Waals surface area contributed by atoms with Gasteiger partial charge < -0.3 is 15.1 Å². The van der Waals surface area contributed by atoms with Crippen molar-refractivity contribution < 1.29 is 4.79 Å². The Kier molecular flexibility index (Phi) is 5.41. The highest BCUT2D eigenvalue weighted by atomic mass is 16.2. The van der Waals surface area contributed by atoms with Gasteiger partial charge in [0.25, 0.3) is 0 Å². The van der Waals surface area contributed by atoms with Gasteiger partial charge in [-0.2, -0.15) is 5.10 Å². The summed E-state index contributed by atoms with van der Waals surface area (Å²) in [7, 11) is 0. The van der Waals surface area contributed by atoms with Crippen molar-refractivity contribution in [2.24, 2.45) is 0 Å². The first-order valence-corrected chi connectivity index (χ1v) is 9.76. The Bertz CT molecular complexity index is 961. The zero-order valence-electron chi connectivity index (χ0n) is 16.7. The number of anilines is 3. The van der Waals surface area contributed by atoms with E-state index in [1.54, 1.807) is 17.1 Å². The molecule has 0 aliphatic carbocycles. The fourth-order valence-corrected chi connectivity index (χ4v) is 3.38. The topological polar surface area (TPSA) is 79.2 Å². The van der Waals surface area contributed by atoms with Crippen LogP contribution in [0.15, 0.2) is 48.8 Å². The monoisotopic (exact) mass is 391 g/mol. The van der Waals surface area contributed by atoms with Crippen LogP contribution in [-0.2, 0) is 11.3 Å². The second-order valence-electron chi connectivity index (χ2n) is 7.22. The van der Waals surface area contributed by atoms with Gasteiger partial charge in [-0.1, -0.05) is 17.7 Å². The molecule has 150 valence electrons. The molecule has 0 radical (unpaired) electrons. The van der Waals surface area contributed by atoms with Crippen LogP contribution in [0.4, 0.5) is 17.3 Å². The second-order valence-corrected chi connectivity index (χ2v) is 7.22. The summed E-state index contributed by atoms with van der Waals surface area (Å²) in [6.45, 7) is 7.07. The van der Waals surface area contributed by atoms with Crippen molar-refractivity contribution in [2.45, 2.75) is 20.4 Å². The van der Waals surface area contributed by atoms with E-state index in [1.165, 1.54) is 5.56 Å². The summed E-state index contributed by atoms with van der Waals surface area (Å²) in [4.78, 5) is 25.7. The molecule has 29 heavy (non-hydrogen) atoms. The molecule has 1 N–H and O–H groups in total. The molecular formula is C21H25N7O. The van der Waals surface area contributed by atoms with E-state index in [1.807, 2.05) is 36.1 Å². The summed E-state index contributed by atoms with van der Waals surface area (Å²) in [5.41, 5.74) is 2.21. The van der Waals surface area contributed by atoms with Crippen molar-refractivity contribution >= 4 is 23.2 Å². The number of carbonyl (C=O) groups is 1. The first-order valence-electron chi connectivity index (χ1n) is 9.76. The Morgan fingerprint density at radius 3 is 2.52 bits per heavy atom. The molecule has 1 saturated heterocycles. The molecule has 1 amide bonds. The molecular weight excluding hydrogens is 366 g/mol. The average Bonchev–Trinajstić information content (AvgIpc) is 3.22. The van der Waals surface area contributed by atoms with Crippen LogP contribution in [0.2, 0.25) is 0 Å². The molecule has 8 heteroatoms. The SMILES string of the molecule is Cc1ccc(Nc2cc(N3CCN(C(=O)Cn4cccn4)CC3)nc(C)n2)cc1. The van der Waals surface area contributed by atoms with Crippen molar-refractivity contribution in [2.75, 3.05) is 36.4 Å². The standard InChI is InChI=1S/C21H25N7O/c1-16-4-6-18(7-5-16)25-19-14-20(24-17(2)23-19)26-10-12-27(13-11-26)21(29)15-28-9-3-8-22-28/h3-9,14H,10-13,15H2,1-2H3,(H,23,24,25). The smallest absolute Gasteiger partial charge is 0.244 e. The Morgan fingerprint density at radius 1 is 1.07 bits per heavy atom. The Labute approximate surface area is 170 Å². The second kappa shape index (κ2) is 8.30. The van der Waals surface area contributed by atoms with Crippen LogP contribution in [0.25, 0.3) is 0 Å². The fourth-order valence-electron chi connectivity index (χ4n) is 3.38. The van der Waals surface area contributed by atoms with E-state index >= 15 is 0 Å². The molecule has 1 aliphatic heterocycles. The number of carbonyl (C=O) groups excluding carboxylic acids is 1. The Hall–Kier alpha value is -3.42. The number of piperazine rings is 1. The lowest BCUT2D eigenvalue weighted by molar-refractivity contribution is -0.132. The number of aromatic nitrogens is 4. The molecule has 0 bridgehead atoms. The highest BCUT2D eigenvalue weighted by Crippen LogP contribution is 2.21. The molecule has 1 aliphatic rings. The van der Waals surface area contributed by atoms with Crippen LogP contribution >= 0.6 is 0 Å². The van der Waals surface area contributed by atoms with E-state index in [2.05, 4.69) is 44.3 Å². The normalized spacial score (nSPS) is 14.1. The fraction of sp³-hybridized carbons (Fsp3) is 0.333. The third-order valence-electron chi connectivity index (χ3n) is 4.96. The molecule has 8 nitrogen and oxygen atoms in total. The van der Waals surface area contributed by atoms with Crippen molar-refractivity contribution in [3.05, 3.63) is 60.2 Å². The Balaban J connectivity index is 1.39. The van der Waals surface area contributed by atoms with Crippen molar-refractivity contribution in [3.8, 4) is 0 Å². The summed E-state index contributed by atoms with van der Waals surface area (Å²) in [5, 5.41) is 7.46. The van der Waals surface area contributed by atoms with Gasteiger partial charge in [0.1, 0.15) is 24.0 Å². The van der Waals surface area contributed by atoms with Gasteiger partial charge in [-0.3, -0.25) is 9.48 Å². The van der Waals surface area contributed by atoms with Crippen molar-refractivity contribution in [1.29, 1.82) is 0 Å². The lowest BCUT2D eigenvalue weighted by Gasteiger charge is -2.35. The zero-order chi connectivity index (χ0) is 20.2. The van der Waals surface area contributed by atoms with Crippen LogP contribution in [0.3, 0.4) is 0 Å². The highest BCUT2D eigenvalue weighted by molar-refractivity contribution is 5.76. The summed E-state index contributed by atoms with van der Waals surface area (Å²) in [6.07, 6.45) is 3.49. The van der Waals surface area contributed by atoms with Crippen LogP contribution < -0.4 is 10.2 Å². The molecule has 0 unspecified atom stereocenters. The quantitative estimate of drug-likeness (QED) is 0.719. The number of nitrogens with zero attached hydrogens (tertiary/aromatic N) is 6. The van der Waals surface area contributed by atoms with Crippen molar-refractivity contribution in [1.82, 2.24) is 24.6 Å².